The first-order valence-corrected chi connectivity index (χ1v) is 10.1. The second kappa shape index (κ2) is 8.14. The fourth-order valence-electron chi connectivity index (χ4n) is 4.01. The number of aryl methyl sites for hydroxylation is 2. The van der Waals surface area contributed by atoms with E-state index in [1.54, 1.807) is 13.1 Å². The van der Waals surface area contributed by atoms with Crippen molar-refractivity contribution in [2.75, 3.05) is 11.1 Å². The van der Waals surface area contributed by atoms with Gasteiger partial charge in [0.15, 0.2) is 0 Å². The van der Waals surface area contributed by atoms with Gasteiger partial charge >= 0.3 is 5.97 Å². The van der Waals surface area contributed by atoms with Gasteiger partial charge in [-0.05, 0) is 57.7 Å². The van der Waals surface area contributed by atoms with E-state index >= 15 is 0 Å². The van der Waals surface area contributed by atoms with Crippen molar-refractivity contribution in [1.82, 2.24) is 15.0 Å². The zero-order chi connectivity index (χ0) is 21.3. The quantitative estimate of drug-likeness (QED) is 0.585. The Kier molecular flexibility index (Phi) is 5.39. The zero-order valence-corrected chi connectivity index (χ0v) is 17.1. The number of carboxylic acids is 1. The molecule has 30 heavy (non-hydrogen) atoms. The van der Waals surface area contributed by atoms with Crippen molar-refractivity contribution in [3.8, 4) is 5.75 Å². The number of nitrogens with one attached hydrogen (secondary N) is 1. The molecule has 0 aliphatic heterocycles. The van der Waals surface area contributed by atoms with Crippen molar-refractivity contribution in [3.05, 3.63) is 47.4 Å². The van der Waals surface area contributed by atoms with E-state index in [0.717, 1.165) is 31.4 Å². The lowest BCUT2D eigenvalue weighted by atomic mass is 9.93. The molecular weight excluding hydrogens is 382 g/mol. The molecule has 2 aromatic heterocycles. The van der Waals surface area contributed by atoms with Gasteiger partial charge in [0.1, 0.15) is 11.3 Å². The lowest BCUT2D eigenvalue weighted by molar-refractivity contribution is 0.0697. The summed E-state index contributed by atoms with van der Waals surface area (Å²) in [6, 6.07) is 7.67. The van der Waals surface area contributed by atoms with Gasteiger partial charge in [0, 0.05) is 17.9 Å². The topological polar surface area (TPSA) is 123 Å². The number of hydrogen-bond donors (Lipinski definition) is 3. The Morgan fingerprint density at radius 1 is 1.17 bits per heavy atom. The van der Waals surface area contributed by atoms with Gasteiger partial charge in [-0.3, -0.25) is 4.98 Å². The number of nitrogens with zero attached hydrogens (tertiary/aromatic N) is 3. The normalized spacial score (nSPS) is 18.9. The number of pyridine rings is 1. The summed E-state index contributed by atoms with van der Waals surface area (Å²) in [4.78, 5) is 24.7. The highest BCUT2D eigenvalue weighted by molar-refractivity contribution is 6.06. The number of aromatic nitrogens is 3. The van der Waals surface area contributed by atoms with Gasteiger partial charge in [-0.2, -0.15) is 0 Å². The maximum atomic E-state index is 11.6. The van der Waals surface area contributed by atoms with Gasteiger partial charge in [-0.15, -0.1) is 0 Å². The molecule has 0 radical (unpaired) electrons. The van der Waals surface area contributed by atoms with E-state index in [9.17, 15) is 9.90 Å². The molecule has 0 unspecified atom stereocenters. The van der Waals surface area contributed by atoms with Gasteiger partial charge in [-0.25, -0.2) is 14.8 Å². The molecule has 4 rings (SSSR count). The van der Waals surface area contributed by atoms with Crippen LogP contribution in [0.4, 0.5) is 11.6 Å². The van der Waals surface area contributed by atoms with E-state index < -0.39 is 5.97 Å². The minimum Gasteiger partial charge on any atom is -0.490 e. The Bertz CT molecular complexity index is 1090. The molecule has 1 fully saturated rings. The average Bonchev–Trinajstić information content (AvgIpc) is 2.69. The third-order valence-corrected chi connectivity index (χ3v) is 5.50. The number of nitrogen functional groups attached to an aromatic ring is 1. The van der Waals surface area contributed by atoms with Gasteiger partial charge < -0.3 is 20.9 Å². The van der Waals surface area contributed by atoms with E-state index in [-0.39, 0.29) is 17.4 Å². The number of carboxylic acid groups (broad SMARTS) is 1. The molecule has 0 saturated heterocycles. The summed E-state index contributed by atoms with van der Waals surface area (Å²) in [5.41, 5.74) is 8.42. The molecular formula is C22H25N5O3. The first kappa shape index (κ1) is 19.9. The van der Waals surface area contributed by atoms with Crippen LogP contribution >= 0.6 is 0 Å². The molecule has 0 spiro atoms. The van der Waals surface area contributed by atoms with Crippen LogP contribution in [0.5, 0.6) is 5.75 Å². The van der Waals surface area contributed by atoms with Crippen molar-refractivity contribution < 1.29 is 14.6 Å². The van der Waals surface area contributed by atoms with Crippen LogP contribution in [0.3, 0.4) is 0 Å². The molecule has 4 N–H and O–H groups in total. The van der Waals surface area contributed by atoms with Gasteiger partial charge in [0.25, 0.3) is 0 Å². The standard InChI is InChI=1S/C22H25N5O3/c1-12-10-11-24-22(25-12)27-14-6-8-15(9-7-14)30-17-5-3-4-16-19(17)20(23)18(21(28)29)13(2)26-16/h3-5,10-11,14-15H,6-9H2,1-2H3,(H2,23,26)(H,28,29)(H,24,25,27)/t14-,15-. The van der Waals surface area contributed by atoms with Crippen LogP contribution in [0.25, 0.3) is 10.9 Å². The maximum absolute atomic E-state index is 11.6. The summed E-state index contributed by atoms with van der Waals surface area (Å²) in [7, 11) is 0. The van der Waals surface area contributed by atoms with Crippen LogP contribution in [0.15, 0.2) is 30.5 Å². The molecule has 1 saturated carbocycles. The molecule has 0 amide bonds. The predicted molar refractivity (Wildman–Crippen MR) is 115 cm³/mol. The highest BCUT2D eigenvalue weighted by atomic mass is 16.5. The second-order valence-electron chi connectivity index (χ2n) is 7.70. The largest absolute Gasteiger partial charge is 0.490 e. The number of anilines is 2. The van der Waals surface area contributed by atoms with Crippen molar-refractivity contribution in [3.63, 3.8) is 0 Å². The van der Waals surface area contributed by atoms with E-state index in [1.807, 2.05) is 31.2 Å². The highest BCUT2D eigenvalue weighted by Crippen LogP contribution is 2.35. The zero-order valence-electron chi connectivity index (χ0n) is 17.1. The summed E-state index contributed by atoms with van der Waals surface area (Å²) in [6.45, 7) is 3.60. The number of rotatable bonds is 5. The van der Waals surface area contributed by atoms with Crippen LogP contribution in [-0.2, 0) is 0 Å². The van der Waals surface area contributed by atoms with Crippen LogP contribution in [-0.4, -0.2) is 38.2 Å². The summed E-state index contributed by atoms with van der Waals surface area (Å²) >= 11 is 0. The van der Waals surface area contributed by atoms with E-state index in [2.05, 4.69) is 20.3 Å². The van der Waals surface area contributed by atoms with E-state index in [0.29, 0.717) is 34.3 Å². The summed E-state index contributed by atoms with van der Waals surface area (Å²) in [6.07, 6.45) is 5.38. The van der Waals surface area contributed by atoms with Crippen molar-refractivity contribution in [2.45, 2.75) is 51.7 Å². The first-order valence-electron chi connectivity index (χ1n) is 10.1. The third-order valence-electron chi connectivity index (χ3n) is 5.50. The van der Waals surface area contributed by atoms with Crippen molar-refractivity contribution in [1.29, 1.82) is 0 Å². The van der Waals surface area contributed by atoms with Crippen LogP contribution < -0.4 is 15.8 Å². The Hall–Kier alpha value is -3.42. The summed E-state index contributed by atoms with van der Waals surface area (Å²) < 4.78 is 6.27. The first-order chi connectivity index (χ1) is 14.4. The highest BCUT2D eigenvalue weighted by Gasteiger charge is 2.25. The molecule has 156 valence electrons. The molecule has 0 atom stereocenters. The smallest absolute Gasteiger partial charge is 0.339 e. The Labute approximate surface area is 174 Å². The minimum atomic E-state index is -1.08. The number of fused-ring (bicyclic) bond motifs is 1. The van der Waals surface area contributed by atoms with Crippen LogP contribution in [0, 0.1) is 13.8 Å². The molecule has 1 aliphatic carbocycles. The molecule has 3 aromatic rings. The Morgan fingerprint density at radius 3 is 2.63 bits per heavy atom. The molecule has 2 heterocycles. The van der Waals surface area contributed by atoms with Gasteiger partial charge in [-0.1, -0.05) is 6.07 Å². The molecule has 8 heteroatoms. The summed E-state index contributed by atoms with van der Waals surface area (Å²) in [5, 5.41) is 13.5. The van der Waals surface area contributed by atoms with Crippen molar-refractivity contribution in [2.24, 2.45) is 0 Å². The number of carbonyl (C=O) groups is 1. The molecule has 0 bridgehead atoms. The molecule has 1 aliphatic rings. The van der Waals surface area contributed by atoms with E-state index in [1.165, 1.54) is 0 Å². The van der Waals surface area contributed by atoms with Crippen LogP contribution in [0.1, 0.15) is 47.4 Å². The van der Waals surface area contributed by atoms with Crippen LogP contribution in [0.2, 0.25) is 0 Å². The SMILES string of the molecule is Cc1ccnc(N[C@H]2CC[C@H](Oc3cccc4nc(C)c(C(=O)O)c(N)c34)CC2)n1. The summed E-state index contributed by atoms with van der Waals surface area (Å²) in [5.74, 6) is 0.154. The average molecular weight is 407 g/mol. The van der Waals surface area contributed by atoms with Crippen molar-refractivity contribution >= 4 is 28.5 Å². The fraction of sp³-hybridized carbons (Fsp3) is 0.364. The maximum Gasteiger partial charge on any atom is 0.339 e. The monoisotopic (exact) mass is 407 g/mol. The number of nitrogens with two attached hydrogens (primary N) is 1. The van der Waals surface area contributed by atoms with Gasteiger partial charge in [0.2, 0.25) is 5.95 Å². The minimum absolute atomic E-state index is 0.0288. The molecule has 8 nitrogen and oxygen atoms in total. The number of ether oxygens (including phenoxy) is 1. The van der Waals surface area contributed by atoms with Gasteiger partial charge in [0.05, 0.1) is 28.4 Å². The lowest BCUT2D eigenvalue weighted by Gasteiger charge is -2.30. The molecule has 1 aromatic carbocycles. The van der Waals surface area contributed by atoms with E-state index in [4.69, 9.17) is 10.5 Å². The Morgan fingerprint density at radius 2 is 1.93 bits per heavy atom. The predicted octanol–water partition coefficient (Wildman–Crippen LogP) is 3.72. The Balaban J connectivity index is 1.49. The lowest BCUT2D eigenvalue weighted by Crippen LogP contribution is -2.31. The fourth-order valence-corrected chi connectivity index (χ4v) is 4.01. The number of hydrogen-bond acceptors (Lipinski definition) is 7. The number of benzene rings is 1. The number of aromatic carboxylic acids is 1. The second-order valence-corrected chi connectivity index (χ2v) is 7.70. The third kappa shape index (κ3) is 3.98.